The van der Waals surface area contributed by atoms with E-state index < -0.39 is 0 Å². The first-order valence-electron chi connectivity index (χ1n) is 6.31. The Kier molecular flexibility index (Phi) is 2.71. The summed E-state index contributed by atoms with van der Waals surface area (Å²) in [4.78, 5) is 6.81. The lowest BCUT2D eigenvalue weighted by Gasteiger charge is -1.99. The van der Waals surface area contributed by atoms with Gasteiger partial charge in [-0.25, -0.2) is 4.98 Å². The molecule has 0 bridgehead atoms. The quantitative estimate of drug-likeness (QED) is 0.597. The molecular formula is C14H12N4S2. The van der Waals surface area contributed by atoms with Gasteiger partial charge in [0.15, 0.2) is 5.82 Å². The summed E-state index contributed by atoms with van der Waals surface area (Å²) in [6, 6.07) is 6.22. The molecule has 0 aromatic carbocycles. The van der Waals surface area contributed by atoms with Gasteiger partial charge in [0.05, 0.1) is 16.8 Å². The van der Waals surface area contributed by atoms with Crippen LogP contribution in [0.2, 0.25) is 0 Å². The SMILES string of the molecule is Cc1ccnc2sc3c(NCc4cccs4)n[nH]c3c12. The molecule has 0 amide bonds. The van der Waals surface area contributed by atoms with Crippen molar-refractivity contribution in [3.63, 3.8) is 0 Å². The third kappa shape index (κ3) is 1.80. The highest BCUT2D eigenvalue weighted by Gasteiger charge is 2.14. The molecule has 0 atom stereocenters. The highest BCUT2D eigenvalue weighted by atomic mass is 32.1. The van der Waals surface area contributed by atoms with Crippen molar-refractivity contribution < 1.29 is 0 Å². The largest absolute Gasteiger partial charge is 0.363 e. The van der Waals surface area contributed by atoms with E-state index in [-0.39, 0.29) is 0 Å². The highest BCUT2D eigenvalue weighted by Crippen LogP contribution is 2.37. The number of nitrogens with zero attached hydrogens (tertiary/aromatic N) is 2. The summed E-state index contributed by atoms with van der Waals surface area (Å²) >= 11 is 3.43. The minimum Gasteiger partial charge on any atom is -0.363 e. The second kappa shape index (κ2) is 4.57. The predicted octanol–water partition coefficient (Wildman–Crippen LogP) is 4.15. The van der Waals surface area contributed by atoms with Gasteiger partial charge in [0.1, 0.15) is 4.83 Å². The van der Waals surface area contributed by atoms with E-state index in [9.17, 15) is 0 Å². The summed E-state index contributed by atoms with van der Waals surface area (Å²) < 4.78 is 1.15. The molecule has 20 heavy (non-hydrogen) atoms. The molecule has 4 nitrogen and oxygen atoms in total. The Morgan fingerprint density at radius 2 is 2.30 bits per heavy atom. The third-order valence-corrected chi connectivity index (χ3v) is 5.29. The second-order valence-corrected chi connectivity index (χ2v) is 6.65. The van der Waals surface area contributed by atoms with Crippen molar-refractivity contribution in [3.05, 3.63) is 40.2 Å². The van der Waals surface area contributed by atoms with Gasteiger partial charge < -0.3 is 5.32 Å². The fourth-order valence-corrected chi connectivity index (χ4v) is 4.10. The topological polar surface area (TPSA) is 53.6 Å². The summed E-state index contributed by atoms with van der Waals surface area (Å²) in [6.07, 6.45) is 1.86. The van der Waals surface area contributed by atoms with Gasteiger partial charge in [0.25, 0.3) is 0 Å². The number of aryl methyl sites for hydroxylation is 1. The van der Waals surface area contributed by atoms with Crippen LogP contribution in [-0.4, -0.2) is 15.2 Å². The predicted molar refractivity (Wildman–Crippen MR) is 85.7 cm³/mol. The summed E-state index contributed by atoms with van der Waals surface area (Å²) in [7, 11) is 0. The zero-order valence-electron chi connectivity index (χ0n) is 10.8. The van der Waals surface area contributed by atoms with Crippen molar-refractivity contribution in [1.29, 1.82) is 0 Å². The number of nitrogens with one attached hydrogen (secondary N) is 2. The molecule has 0 spiro atoms. The molecule has 4 aromatic heterocycles. The van der Waals surface area contributed by atoms with Gasteiger partial charge in [0.2, 0.25) is 0 Å². The standard InChI is InChI=1S/C14H12N4S2/c1-8-4-5-15-14-10(8)11-12(20-14)13(18-17-11)16-7-9-3-2-6-19-9/h2-6H,7H2,1H3,(H2,16,17,18). The molecule has 0 aliphatic carbocycles. The van der Waals surface area contributed by atoms with Crippen LogP contribution in [0.15, 0.2) is 29.8 Å². The molecule has 6 heteroatoms. The highest BCUT2D eigenvalue weighted by molar-refractivity contribution is 7.26. The van der Waals surface area contributed by atoms with Crippen molar-refractivity contribution >= 4 is 48.9 Å². The van der Waals surface area contributed by atoms with Gasteiger partial charge in [-0.05, 0) is 30.0 Å². The Balaban J connectivity index is 1.77. The average Bonchev–Trinajstić information content (AvgIpc) is 3.12. The van der Waals surface area contributed by atoms with Crippen molar-refractivity contribution in [2.75, 3.05) is 5.32 Å². The molecule has 100 valence electrons. The number of thiophene rings is 2. The Bertz CT molecular complexity index is 873. The van der Waals surface area contributed by atoms with E-state index in [2.05, 4.69) is 44.9 Å². The first kappa shape index (κ1) is 11.9. The first-order valence-corrected chi connectivity index (χ1v) is 8.01. The van der Waals surface area contributed by atoms with Crippen LogP contribution >= 0.6 is 22.7 Å². The molecular weight excluding hydrogens is 288 g/mol. The van der Waals surface area contributed by atoms with Crippen molar-refractivity contribution in [1.82, 2.24) is 15.2 Å². The maximum absolute atomic E-state index is 4.45. The van der Waals surface area contributed by atoms with Crippen LogP contribution in [0.4, 0.5) is 5.82 Å². The lowest BCUT2D eigenvalue weighted by Crippen LogP contribution is -1.97. The lowest BCUT2D eigenvalue weighted by atomic mass is 10.2. The van der Waals surface area contributed by atoms with E-state index in [1.807, 2.05) is 12.3 Å². The number of rotatable bonds is 3. The molecule has 0 aliphatic rings. The monoisotopic (exact) mass is 300 g/mol. The lowest BCUT2D eigenvalue weighted by molar-refractivity contribution is 1.08. The van der Waals surface area contributed by atoms with Gasteiger partial charge in [0, 0.05) is 16.5 Å². The van der Waals surface area contributed by atoms with Crippen molar-refractivity contribution in [3.8, 4) is 0 Å². The van der Waals surface area contributed by atoms with Crippen LogP contribution in [0.1, 0.15) is 10.4 Å². The Hall–Kier alpha value is -1.92. The molecule has 0 radical (unpaired) electrons. The summed E-state index contributed by atoms with van der Waals surface area (Å²) in [6.45, 7) is 2.91. The molecule has 0 saturated heterocycles. The van der Waals surface area contributed by atoms with Crippen LogP contribution < -0.4 is 5.32 Å². The molecule has 0 unspecified atom stereocenters. The van der Waals surface area contributed by atoms with Crippen molar-refractivity contribution in [2.24, 2.45) is 0 Å². The average molecular weight is 300 g/mol. The van der Waals surface area contributed by atoms with Crippen LogP contribution in [0, 0.1) is 6.92 Å². The summed E-state index contributed by atoms with van der Waals surface area (Å²) in [5.41, 5.74) is 2.32. The normalized spacial score (nSPS) is 11.4. The van der Waals surface area contributed by atoms with E-state index in [1.165, 1.54) is 15.8 Å². The molecule has 0 aliphatic heterocycles. The molecule has 0 saturated carbocycles. The Morgan fingerprint density at radius 1 is 1.35 bits per heavy atom. The molecule has 4 rings (SSSR count). The van der Waals surface area contributed by atoms with E-state index in [0.29, 0.717) is 0 Å². The van der Waals surface area contributed by atoms with Gasteiger partial charge in [-0.3, -0.25) is 5.10 Å². The number of aromatic nitrogens is 3. The number of fused-ring (bicyclic) bond motifs is 3. The summed E-state index contributed by atoms with van der Waals surface area (Å²) in [5.74, 6) is 0.913. The Morgan fingerprint density at radius 3 is 3.15 bits per heavy atom. The number of anilines is 1. The van der Waals surface area contributed by atoms with E-state index >= 15 is 0 Å². The van der Waals surface area contributed by atoms with E-state index in [1.54, 1.807) is 22.7 Å². The van der Waals surface area contributed by atoms with Crippen LogP contribution in [0.3, 0.4) is 0 Å². The number of hydrogen-bond donors (Lipinski definition) is 2. The zero-order chi connectivity index (χ0) is 13.5. The smallest absolute Gasteiger partial charge is 0.166 e. The van der Waals surface area contributed by atoms with Gasteiger partial charge in [-0.2, -0.15) is 5.10 Å². The first-order chi connectivity index (χ1) is 9.83. The summed E-state index contributed by atoms with van der Waals surface area (Å²) in [5, 5.41) is 14.2. The number of hydrogen-bond acceptors (Lipinski definition) is 5. The second-order valence-electron chi connectivity index (χ2n) is 4.62. The van der Waals surface area contributed by atoms with Crippen LogP contribution in [0.25, 0.3) is 20.4 Å². The molecule has 4 heterocycles. The van der Waals surface area contributed by atoms with Gasteiger partial charge in [-0.1, -0.05) is 6.07 Å². The maximum atomic E-state index is 4.45. The fraction of sp³-hybridized carbons (Fsp3) is 0.143. The zero-order valence-corrected chi connectivity index (χ0v) is 12.4. The number of H-pyrrole nitrogens is 1. The van der Waals surface area contributed by atoms with Crippen molar-refractivity contribution in [2.45, 2.75) is 13.5 Å². The maximum Gasteiger partial charge on any atom is 0.166 e. The minimum absolute atomic E-state index is 0.804. The number of aromatic amines is 1. The minimum atomic E-state index is 0.804. The van der Waals surface area contributed by atoms with E-state index in [4.69, 9.17) is 0 Å². The number of pyridine rings is 1. The fourth-order valence-electron chi connectivity index (χ4n) is 2.32. The van der Waals surface area contributed by atoms with Gasteiger partial charge in [-0.15, -0.1) is 22.7 Å². The molecule has 2 N–H and O–H groups in total. The van der Waals surface area contributed by atoms with Crippen LogP contribution in [-0.2, 0) is 6.54 Å². The van der Waals surface area contributed by atoms with Crippen LogP contribution in [0.5, 0.6) is 0 Å². The molecule has 4 aromatic rings. The third-order valence-electron chi connectivity index (χ3n) is 3.31. The van der Waals surface area contributed by atoms with Gasteiger partial charge >= 0.3 is 0 Å². The van der Waals surface area contributed by atoms with E-state index in [0.717, 1.165) is 27.4 Å². The Labute approximate surface area is 123 Å². The molecule has 0 fully saturated rings.